The zero-order valence-electron chi connectivity index (χ0n) is 8.39. The van der Waals surface area contributed by atoms with Crippen molar-refractivity contribution in [3.8, 4) is 0 Å². The summed E-state index contributed by atoms with van der Waals surface area (Å²) in [4.78, 5) is 1.49. The fourth-order valence-electron chi connectivity index (χ4n) is 1.96. The van der Waals surface area contributed by atoms with Gasteiger partial charge in [-0.05, 0) is 44.4 Å². The van der Waals surface area contributed by atoms with Crippen LogP contribution in [-0.4, -0.2) is 13.1 Å². The van der Waals surface area contributed by atoms with Crippen molar-refractivity contribution in [1.82, 2.24) is 5.32 Å². The number of hydrogen-bond donors (Lipinski definition) is 1. The van der Waals surface area contributed by atoms with Gasteiger partial charge in [-0.15, -0.1) is 23.7 Å². The van der Waals surface area contributed by atoms with E-state index in [4.69, 9.17) is 11.6 Å². The van der Waals surface area contributed by atoms with Gasteiger partial charge in [-0.2, -0.15) is 0 Å². The van der Waals surface area contributed by atoms with E-state index in [1.807, 2.05) is 7.05 Å². The van der Waals surface area contributed by atoms with Crippen LogP contribution in [0.2, 0.25) is 4.34 Å². The van der Waals surface area contributed by atoms with Crippen LogP contribution in [0, 0.1) is 6.92 Å². The fourth-order valence-corrected chi connectivity index (χ4v) is 3.51. The number of hydrogen-bond acceptors (Lipinski definition) is 2. The average molecular weight is 252 g/mol. The summed E-state index contributed by atoms with van der Waals surface area (Å²) in [7, 11) is 2.04. The van der Waals surface area contributed by atoms with E-state index >= 15 is 0 Å². The van der Waals surface area contributed by atoms with E-state index in [1.165, 1.54) is 28.8 Å². The second-order valence-electron chi connectivity index (χ2n) is 3.63. The normalized spacial score (nSPS) is 20.1. The highest BCUT2D eigenvalue weighted by atomic mass is 35.5. The van der Waals surface area contributed by atoms with Gasteiger partial charge < -0.3 is 5.32 Å². The van der Waals surface area contributed by atoms with E-state index in [0.29, 0.717) is 6.04 Å². The van der Waals surface area contributed by atoms with Crippen molar-refractivity contribution in [3.05, 3.63) is 20.3 Å². The molecule has 1 heterocycles. The summed E-state index contributed by atoms with van der Waals surface area (Å²) in [6.45, 7) is 2.14. The second-order valence-corrected chi connectivity index (χ2v) is 5.34. The van der Waals surface area contributed by atoms with Gasteiger partial charge in [-0.1, -0.05) is 11.6 Å². The lowest BCUT2D eigenvalue weighted by Crippen LogP contribution is -2.30. The monoisotopic (exact) mass is 251 g/mol. The molecule has 0 aromatic carbocycles. The molecule has 1 atom stereocenters. The zero-order chi connectivity index (χ0) is 9.42. The Hall–Kier alpha value is 0.240. The number of likely N-dealkylation sites (N-methyl/N-ethyl adjacent to an activating group) is 1. The van der Waals surface area contributed by atoms with E-state index in [2.05, 4.69) is 12.2 Å². The van der Waals surface area contributed by atoms with Crippen molar-refractivity contribution in [1.29, 1.82) is 0 Å². The molecular weight excluding hydrogens is 237 g/mol. The van der Waals surface area contributed by atoms with Crippen LogP contribution in [0.5, 0.6) is 0 Å². The molecule has 0 radical (unpaired) electrons. The van der Waals surface area contributed by atoms with Crippen molar-refractivity contribution < 1.29 is 0 Å². The van der Waals surface area contributed by atoms with Crippen molar-refractivity contribution in [2.75, 3.05) is 7.05 Å². The third-order valence-corrected chi connectivity index (χ3v) is 4.54. The Balaban J connectivity index is 0.000000980. The number of nitrogens with one attached hydrogen (secondary N) is 1. The SMILES string of the molecule is CNC1CCc2c(sc(Cl)c2C)C1.Cl. The zero-order valence-corrected chi connectivity index (χ0v) is 10.8. The number of fused-ring (bicyclic) bond motifs is 1. The summed E-state index contributed by atoms with van der Waals surface area (Å²) in [5.41, 5.74) is 2.83. The molecule has 1 aromatic rings. The van der Waals surface area contributed by atoms with Gasteiger partial charge in [0.05, 0.1) is 4.34 Å². The van der Waals surface area contributed by atoms with Crippen LogP contribution in [0.3, 0.4) is 0 Å². The first kappa shape index (κ1) is 12.3. The van der Waals surface area contributed by atoms with Gasteiger partial charge in [0.15, 0.2) is 0 Å². The van der Waals surface area contributed by atoms with E-state index < -0.39 is 0 Å². The topological polar surface area (TPSA) is 12.0 Å². The standard InChI is InChI=1S/C10H14ClNS.ClH/c1-6-8-4-3-7(12-2)5-9(8)13-10(6)11;/h7,12H,3-5H2,1-2H3;1H. The molecule has 1 nitrogen and oxygen atoms in total. The van der Waals surface area contributed by atoms with Crippen LogP contribution < -0.4 is 5.32 Å². The molecule has 1 N–H and O–H groups in total. The quantitative estimate of drug-likeness (QED) is 0.809. The Morgan fingerprint density at radius 2 is 2.21 bits per heavy atom. The van der Waals surface area contributed by atoms with Gasteiger partial charge in [0.1, 0.15) is 0 Å². The molecule has 0 saturated carbocycles. The number of rotatable bonds is 1. The number of halogens is 2. The summed E-state index contributed by atoms with van der Waals surface area (Å²) in [5.74, 6) is 0. The maximum atomic E-state index is 6.11. The van der Waals surface area contributed by atoms with Gasteiger partial charge in [0, 0.05) is 10.9 Å². The Labute approximate surface area is 100 Å². The molecule has 14 heavy (non-hydrogen) atoms. The highest BCUT2D eigenvalue weighted by Crippen LogP contribution is 2.36. The van der Waals surface area contributed by atoms with Crippen molar-refractivity contribution in [2.45, 2.75) is 32.2 Å². The molecule has 0 amide bonds. The van der Waals surface area contributed by atoms with Gasteiger partial charge in [-0.25, -0.2) is 0 Å². The molecule has 0 saturated heterocycles. The average Bonchev–Trinajstić information content (AvgIpc) is 2.42. The summed E-state index contributed by atoms with van der Waals surface area (Å²) in [6, 6.07) is 0.654. The highest BCUT2D eigenvalue weighted by molar-refractivity contribution is 7.16. The molecule has 1 aliphatic carbocycles. The summed E-state index contributed by atoms with van der Waals surface area (Å²) in [6.07, 6.45) is 3.59. The lowest BCUT2D eigenvalue weighted by Gasteiger charge is -2.21. The first-order chi connectivity index (χ1) is 6.22. The van der Waals surface area contributed by atoms with Crippen LogP contribution >= 0.6 is 35.3 Å². The maximum absolute atomic E-state index is 6.11. The van der Waals surface area contributed by atoms with Crippen molar-refractivity contribution in [3.63, 3.8) is 0 Å². The molecule has 80 valence electrons. The van der Waals surface area contributed by atoms with E-state index in [1.54, 1.807) is 11.3 Å². The minimum absolute atomic E-state index is 0. The molecule has 4 heteroatoms. The fraction of sp³-hybridized carbons (Fsp3) is 0.600. The largest absolute Gasteiger partial charge is 0.317 e. The minimum Gasteiger partial charge on any atom is -0.317 e. The lowest BCUT2D eigenvalue weighted by atomic mass is 9.93. The van der Waals surface area contributed by atoms with Crippen molar-refractivity contribution >= 4 is 35.3 Å². The molecule has 1 aliphatic rings. The predicted octanol–water partition coefficient (Wildman–Crippen LogP) is 3.21. The molecule has 1 aromatic heterocycles. The van der Waals surface area contributed by atoms with Gasteiger partial charge in [-0.3, -0.25) is 0 Å². The van der Waals surface area contributed by atoms with Crippen LogP contribution in [-0.2, 0) is 12.8 Å². The third-order valence-electron chi connectivity index (χ3n) is 2.88. The highest BCUT2D eigenvalue weighted by Gasteiger charge is 2.22. The first-order valence-corrected chi connectivity index (χ1v) is 5.85. The molecule has 0 fully saturated rings. The molecule has 1 unspecified atom stereocenters. The Bertz CT molecular complexity index is 322. The van der Waals surface area contributed by atoms with Crippen LogP contribution in [0.15, 0.2) is 0 Å². The summed E-state index contributed by atoms with van der Waals surface area (Å²) < 4.78 is 0.988. The molecule has 0 aliphatic heterocycles. The molecular formula is C10H15Cl2NS. The Morgan fingerprint density at radius 1 is 1.50 bits per heavy atom. The van der Waals surface area contributed by atoms with Gasteiger partial charge in [0.2, 0.25) is 0 Å². The first-order valence-electron chi connectivity index (χ1n) is 4.66. The Morgan fingerprint density at radius 3 is 2.86 bits per heavy atom. The van der Waals surface area contributed by atoms with E-state index in [-0.39, 0.29) is 12.4 Å². The van der Waals surface area contributed by atoms with Crippen LogP contribution in [0.1, 0.15) is 22.4 Å². The molecule has 0 bridgehead atoms. The smallest absolute Gasteiger partial charge is 0.0963 e. The third kappa shape index (κ3) is 2.08. The van der Waals surface area contributed by atoms with E-state index in [0.717, 1.165) is 10.8 Å². The minimum atomic E-state index is 0. The summed E-state index contributed by atoms with van der Waals surface area (Å²) in [5, 5.41) is 3.34. The summed E-state index contributed by atoms with van der Waals surface area (Å²) >= 11 is 7.87. The predicted molar refractivity (Wildman–Crippen MR) is 66.2 cm³/mol. The Kier molecular flexibility index (Phi) is 4.26. The van der Waals surface area contributed by atoms with E-state index in [9.17, 15) is 0 Å². The maximum Gasteiger partial charge on any atom is 0.0963 e. The van der Waals surface area contributed by atoms with Gasteiger partial charge >= 0.3 is 0 Å². The second kappa shape index (κ2) is 4.84. The van der Waals surface area contributed by atoms with Crippen LogP contribution in [0.25, 0.3) is 0 Å². The number of thiophene rings is 1. The van der Waals surface area contributed by atoms with Crippen molar-refractivity contribution in [2.24, 2.45) is 0 Å². The van der Waals surface area contributed by atoms with Gasteiger partial charge in [0.25, 0.3) is 0 Å². The molecule has 0 spiro atoms. The lowest BCUT2D eigenvalue weighted by molar-refractivity contribution is 0.501. The molecule has 2 rings (SSSR count). The van der Waals surface area contributed by atoms with Crippen LogP contribution in [0.4, 0.5) is 0 Å².